The SMILES string of the molecule is Nc1ncc(-c2ccc(-c3ccc(C(F)(F)F)nc3S(=O)(=O)C3CCOCC3)cc2F)cn1.Nc1ncc(-c2ncc(-c3ccccc3S(=O)(=O)NCCO)cc2F)cn1. The van der Waals surface area contributed by atoms with Crippen molar-refractivity contribution in [3.63, 3.8) is 0 Å². The average molecular weight is 872 g/mol. The van der Waals surface area contributed by atoms with Crippen molar-refractivity contribution in [3.05, 3.63) is 109 Å². The summed E-state index contributed by atoms with van der Waals surface area (Å²) in [6.07, 6.45) is 2.13. The molecule has 6 N–H and O–H groups in total. The maximum atomic E-state index is 14.9. The van der Waals surface area contributed by atoms with E-state index in [-0.39, 0.29) is 89.5 Å². The number of aliphatic hydroxyl groups excluding tert-OH is 1. The largest absolute Gasteiger partial charge is 0.433 e. The van der Waals surface area contributed by atoms with E-state index in [0.717, 1.165) is 12.1 Å². The Morgan fingerprint density at radius 1 is 0.717 bits per heavy atom. The van der Waals surface area contributed by atoms with Gasteiger partial charge in [-0.15, -0.1) is 0 Å². The molecule has 60 heavy (non-hydrogen) atoms. The molecule has 0 saturated carbocycles. The molecular formula is C38H34F5N9O6S2. The summed E-state index contributed by atoms with van der Waals surface area (Å²) < 4.78 is 128. The van der Waals surface area contributed by atoms with Crippen molar-refractivity contribution >= 4 is 31.8 Å². The minimum atomic E-state index is -4.84. The second kappa shape index (κ2) is 18.0. The molecule has 4 aromatic heterocycles. The lowest BCUT2D eigenvalue weighted by Crippen LogP contribution is -2.30. The van der Waals surface area contributed by atoms with Gasteiger partial charge in [-0.2, -0.15) is 13.2 Å². The van der Waals surface area contributed by atoms with Gasteiger partial charge in [0.1, 0.15) is 23.0 Å². The van der Waals surface area contributed by atoms with Crippen LogP contribution >= 0.6 is 0 Å². The minimum Gasteiger partial charge on any atom is -0.395 e. The third kappa shape index (κ3) is 9.85. The van der Waals surface area contributed by atoms with Gasteiger partial charge in [0.05, 0.1) is 16.8 Å². The molecule has 1 fully saturated rings. The first-order valence-corrected chi connectivity index (χ1v) is 20.7. The monoisotopic (exact) mass is 871 g/mol. The Kier molecular flexibility index (Phi) is 13.1. The second-order valence-corrected chi connectivity index (χ2v) is 16.8. The average Bonchev–Trinajstić information content (AvgIpc) is 3.23. The van der Waals surface area contributed by atoms with E-state index in [1.165, 1.54) is 55.2 Å². The number of halogens is 5. The van der Waals surface area contributed by atoms with E-state index in [0.29, 0.717) is 17.2 Å². The van der Waals surface area contributed by atoms with Crippen LogP contribution < -0.4 is 16.2 Å². The first kappa shape index (κ1) is 43.5. The predicted octanol–water partition coefficient (Wildman–Crippen LogP) is 5.10. The van der Waals surface area contributed by atoms with E-state index >= 15 is 0 Å². The number of rotatable bonds is 10. The summed E-state index contributed by atoms with van der Waals surface area (Å²) in [5.41, 5.74) is 10.9. The van der Waals surface area contributed by atoms with Crippen LogP contribution in [0.3, 0.4) is 0 Å². The zero-order valence-corrected chi connectivity index (χ0v) is 32.6. The zero-order valence-electron chi connectivity index (χ0n) is 31.0. The van der Waals surface area contributed by atoms with E-state index in [2.05, 4.69) is 34.6 Å². The number of aliphatic hydroxyl groups is 1. The molecule has 7 rings (SSSR count). The molecule has 314 valence electrons. The molecule has 0 unspecified atom stereocenters. The van der Waals surface area contributed by atoms with Crippen LogP contribution in [0, 0.1) is 11.6 Å². The van der Waals surface area contributed by atoms with Gasteiger partial charge in [0.15, 0.2) is 14.9 Å². The summed E-state index contributed by atoms with van der Waals surface area (Å²) in [4.78, 5) is 22.7. The molecule has 5 heterocycles. The molecule has 0 spiro atoms. The van der Waals surface area contributed by atoms with E-state index < -0.39 is 53.6 Å². The molecular weight excluding hydrogens is 838 g/mol. The van der Waals surface area contributed by atoms with Crippen LogP contribution in [0.1, 0.15) is 18.5 Å². The Morgan fingerprint density at radius 3 is 1.90 bits per heavy atom. The molecule has 15 nitrogen and oxygen atoms in total. The van der Waals surface area contributed by atoms with Crippen molar-refractivity contribution < 1.29 is 48.6 Å². The third-order valence-corrected chi connectivity index (χ3v) is 12.7. The number of pyridine rings is 2. The number of sulfonamides is 1. The fourth-order valence-corrected chi connectivity index (χ4v) is 9.12. The number of hydrogen-bond donors (Lipinski definition) is 4. The number of aromatic nitrogens is 6. The summed E-state index contributed by atoms with van der Waals surface area (Å²) in [6, 6.07) is 12.8. The van der Waals surface area contributed by atoms with E-state index in [1.807, 2.05) is 0 Å². The fourth-order valence-electron chi connectivity index (χ4n) is 6.03. The van der Waals surface area contributed by atoms with Gasteiger partial charge >= 0.3 is 6.18 Å². The van der Waals surface area contributed by atoms with Crippen molar-refractivity contribution in [1.82, 2.24) is 34.6 Å². The zero-order chi connectivity index (χ0) is 43.2. The normalized spacial score (nSPS) is 13.7. The van der Waals surface area contributed by atoms with Gasteiger partial charge in [0.2, 0.25) is 21.9 Å². The first-order chi connectivity index (χ1) is 28.5. The molecule has 0 radical (unpaired) electrons. The van der Waals surface area contributed by atoms with E-state index in [4.69, 9.17) is 21.3 Å². The number of ether oxygens (including phenoxy) is 1. The van der Waals surface area contributed by atoms with Crippen LogP contribution in [0.4, 0.5) is 33.8 Å². The van der Waals surface area contributed by atoms with Gasteiger partial charge in [0.25, 0.3) is 0 Å². The summed E-state index contributed by atoms with van der Waals surface area (Å²) in [6.45, 7) is -0.119. The van der Waals surface area contributed by atoms with Crippen LogP contribution in [-0.2, 0) is 30.8 Å². The van der Waals surface area contributed by atoms with Crippen molar-refractivity contribution in [2.45, 2.75) is 34.2 Å². The summed E-state index contributed by atoms with van der Waals surface area (Å²) in [5, 5.41) is 7.17. The number of nitrogens with zero attached hydrogens (tertiary/aromatic N) is 6. The Hall–Kier alpha value is -6.07. The van der Waals surface area contributed by atoms with E-state index in [9.17, 15) is 38.8 Å². The lowest BCUT2D eigenvalue weighted by atomic mass is 10.0. The number of hydrogen-bond acceptors (Lipinski definition) is 14. The fraction of sp³-hybridized carbons (Fsp3) is 0.211. The van der Waals surface area contributed by atoms with Crippen molar-refractivity contribution in [2.75, 3.05) is 37.8 Å². The summed E-state index contributed by atoms with van der Waals surface area (Å²) in [7, 11) is -8.13. The molecule has 1 saturated heterocycles. The molecule has 1 aliphatic heterocycles. The van der Waals surface area contributed by atoms with Gasteiger partial charge < -0.3 is 21.3 Å². The molecule has 0 aliphatic carbocycles. The highest BCUT2D eigenvalue weighted by Crippen LogP contribution is 2.37. The van der Waals surface area contributed by atoms with Gasteiger partial charge in [-0.25, -0.2) is 55.3 Å². The number of anilines is 2. The number of sulfone groups is 1. The lowest BCUT2D eigenvalue weighted by molar-refractivity contribution is -0.141. The molecule has 6 aromatic rings. The summed E-state index contributed by atoms with van der Waals surface area (Å²) >= 11 is 0. The number of nitrogens with one attached hydrogen (secondary N) is 1. The highest BCUT2D eigenvalue weighted by atomic mass is 32.2. The first-order valence-electron chi connectivity index (χ1n) is 17.7. The number of nitrogens with two attached hydrogens (primary N) is 2. The number of benzene rings is 2. The quantitative estimate of drug-likeness (QED) is 0.131. The van der Waals surface area contributed by atoms with Crippen LogP contribution in [0.25, 0.3) is 44.6 Å². The molecule has 0 atom stereocenters. The van der Waals surface area contributed by atoms with Crippen molar-refractivity contribution in [3.8, 4) is 44.6 Å². The van der Waals surface area contributed by atoms with Crippen molar-refractivity contribution in [1.29, 1.82) is 0 Å². The second-order valence-electron chi connectivity index (χ2n) is 12.9. The Bertz CT molecular complexity index is 2710. The maximum Gasteiger partial charge on any atom is 0.433 e. The summed E-state index contributed by atoms with van der Waals surface area (Å²) in [5.74, 6) is -1.33. The Morgan fingerprint density at radius 2 is 1.30 bits per heavy atom. The van der Waals surface area contributed by atoms with Gasteiger partial charge in [-0.05, 0) is 48.7 Å². The topological polar surface area (TPSA) is 239 Å². The maximum absolute atomic E-state index is 14.9. The Balaban J connectivity index is 0.000000205. The molecule has 0 amide bonds. The van der Waals surface area contributed by atoms with Crippen LogP contribution in [-0.4, -0.2) is 83.5 Å². The van der Waals surface area contributed by atoms with Crippen LogP contribution in [0.5, 0.6) is 0 Å². The van der Waals surface area contributed by atoms with Gasteiger partial charge in [0, 0.05) is 84.1 Å². The highest BCUT2D eigenvalue weighted by molar-refractivity contribution is 7.92. The third-order valence-electron chi connectivity index (χ3n) is 8.97. The van der Waals surface area contributed by atoms with Crippen molar-refractivity contribution in [2.24, 2.45) is 0 Å². The Labute approximate surface area is 339 Å². The van der Waals surface area contributed by atoms with Gasteiger partial charge in [-0.3, -0.25) is 4.98 Å². The number of alkyl halides is 3. The molecule has 22 heteroatoms. The smallest absolute Gasteiger partial charge is 0.395 e. The number of nitrogen functional groups attached to an aromatic ring is 2. The molecule has 0 bridgehead atoms. The standard InChI is InChI=1S/C21H18F4N4O3S.C17H16FN5O3S/c22-17-9-12(1-2-15(17)13-10-27-20(26)28-11-13)16-3-4-18(21(23,24)25)29-19(16)33(30,31)14-5-7-32-8-6-14;18-14-7-11(8-20-16(14)12-9-21-17(19)22-10-12)13-3-1-2-4-15(13)27(25,26)23-5-6-24/h1-4,9-11,14H,5-8H2,(H2,26,27,28);1-4,7-10,23-24H,5-6H2,(H2,19,21,22). The highest BCUT2D eigenvalue weighted by Gasteiger charge is 2.38. The minimum absolute atomic E-state index is 0.00886. The predicted molar refractivity (Wildman–Crippen MR) is 208 cm³/mol. The van der Waals surface area contributed by atoms with E-state index in [1.54, 1.807) is 18.2 Å². The van der Waals surface area contributed by atoms with Crippen LogP contribution in [0.2, 0.25) is 0 Å². The molecule has 2 aromatic carbocycles. The van der Waals surface area contributed by atoms with Crippen LogP contribution in [0.15, 0.2) is 102 Å². The van der Waals surface area contributed by atoms with Gasteiger partial charge in [-0.1, -0.05) is 30.3 Å². The lowest BCUT2D eigenvalue weighted by Gasteiger charge is -2.23. The molecule has 1 aliphatic rings.